The molecule has 0 atom stereocenters. The lowest BCUT2D eigenvalue weighted by Gasteiger charge is -2.07. The molecule has 0 spiro atoms. The minimum absolute atomic E-state index is 0.275. The van der Waals surface area contributed by atoms with Gasteiger partial charge in [0, 0.05) is 18.1 Å². The van der Waals surface area contributed by atoms with E-state index in [9.17, 15) is 9.59 Å². The van der Waals surface area contributed by atoms with Gasteiger partial charge in [-0.2, -0.15) is 0 Å². The first-order valence-electron chi connectivity index (χ1n) is 5.07. The summed E-state index contributed by atoms with van der Waals surface area (Å²) in [6.07, 6.45) is 0. The Morgan fingerprint density at radius 2 is 2.11 bits per heavy atom. The highest BCUT2D eigenvalue weighted by atomic mass is 79.9. The van der Waals surface area contributed by atoms with E-state index in [-0.39, 0.29) is 6.54 Å². The molecule has 1 rings (SSSR count). The fourth-order valence-corrected chi connectivity index (χ4v) is 1.84. The quantitative estimate of drug-likeness (QED) is 0.651. The largest absolute Gasteiger partial charge is 0.383 e. The van der Waals surface area contributed by atoms with Crippen LogP contribution in [0.3, 0.4) is 0 Å². The van der Waals surface area contributed by atoms with Gasteiger partial charge >= 0.3 is 11.8 Å². The molecule has 0 bridgehead atoms. The van der Waals surface area contributed by atoms with Crippen molar-refractivity contribution in [3.8, 4) is 0 Å². The van der Waals surface area contributed by atoms with E-state index in [2.05, 4.69) is 26.6 Å². The van der Waals surface area contributed by atoms with E-state index in [1.54, 1.807) is 18.2 Å². The second-order valence-electron chi connectivity index (χ2n) is 3.33. The molecule has 0 saturated carbocycles. The molecule has 0 heterocycles. The predicted octanol–water partition coefficient (Wildman–Crippen LogP) is 1.80. The van der Waals surface area contributed by atoms with Crippen LogP contribution >= 0.6 is 27.5 Å². The Morgan fingerprint density at radius 1 is 1.39 bits per heavy atom. The molecule has 0 radical (unpaired) electrons. The van der Waals surface area contributed by atoms with Crippen molar-refractivity contribution in [3.63, 3.8) is 0 Å². The highest BCUT2D eigenvalue weighted by Crippen LogP contribution is 2.25. The van der Waals surface area contributed by atoms with Crippen LogP contribution < -0.4 is 10.6 Å². The van der Waals surface area contributed by atoms with Gasteiger partial charge < -0.3 is 15.4 Å². The van der Waals surface area contributed by atoms with Gasteiger partial charge in [0.15, 0.2) is 0 Å². The highest BCUT2D eigenvalue weighted by Gasteiger charge is 2.14. The Balaban J connectivity index is 2.56. The second kappa shape index (κ2) is 7.35. The maximum absolute atomic E-state index is 11.5. The van der Waals surface area contributed by atoms with Crippen LogP contribution in [0.15, 0.2) is 22.7 Å². The zero-order valence-electron chi connectivity index (χ0n) is 9.63. The van der Waals surface area contributed by atoms with Crippen molar-refractivity contribution < 1.29 is 14.3 Å². The van der Waals surface area contributed by atoms with Crippen molar-refractivity contribution in [2.24, 2.45) is 0 Å². The maximum atomic E-state index is 11.5. The fraction of sp³-hybridized carbons (Fsp3) is 0.273. The van der Waals surface area contributed by atoms with Gasteiger partial charge in [0.2, 0.25) is 0 Å². The first kappa shape index (κ1) is 14.9. The fourth-order valence-electron chi connectivity index (χ4n) is 1.12. The zero-order chi connectivity index (χ0) is 13.5. The number of carbonyl (C=O) groups excluding carboxylic acids is 2. The van der Waals surface area contributed by atoms with Gasteiger partial charge in [-0.15, -0.1) is 0 Å². The summed E-state index contributed by atoms with van der Waals surface area (Å²) in [5, 5.41) is 5.18. The van der Waals surface area contributed by atoms with E-state index < -0.39 is 11.8 Å². The summed E-state index contributed by atoms with van der Waals surface area (Å²) in [4.78, 5) is 22.9. The number of carbonyl (C=O) groups is 2. The van der Waals surface area contributed by atoms with Crippen molar-refractivity contribution in [2.45, 2.75) is 0 Å². The summed E-state index contributed by atoms with van der Waals surface area (Å²) in [6, 6.07) is 4.94. The first-order chi connectivity index (χ1) is 8.54. The molecule has 0 aliphatic carbocycles. The lowest BCUT2D eigenvalue weighted by Crippen LogP contribution is -2.37. The summed E-state index contributed by atoms with van der Waals surface area (Å²) < 4.78 is 5.54. The van der Waals surface area contributed by atoms with Gasteiger partial charge in [0.05, 0.1) is 17.3 Å². The average Bonchev–Trinajstić information content (AvgIpc) is 2.32. The standard InChI is InChI=1S/C11H12BrClN2O3/c1-18-5-4-14-10(16)11(17)15-9-3-2-7(12)6-8(9)13/h2-3,6H,4-5H2,1H3,(H,14,16)(H,15,17). The molecule has 0 aliphatic rings. The van der Waals surface area contributed by atoms with E-state index in [0.29, 0.717) is 17.3 Å². The molecule has 1 aromatic rings. The second-order valence-corrected chi connectivity index (χ2v) is 4.65. The molecule has 2 amide bonds. The molecule has 5 nitrogen and oxygen atoms in total. The van der Waals surface area contributed by atoms with Crippen molar-refractivity contribution in [3.05, 3.63) is 27.7 Å². The van der Waals surface area contributed by atoms with Gasteiger partial charge in [0.25, 0.3) is 0 Å². The third-order valence-electron chi connectivity index (χ3n) is 1.98. The number of hydrogen-bond acceptors (Lipinski definition) is 3. The number of halogens is 2. The minimum atomic E-state index is -0.768. The van der Waals surface area contributed by atoms with Crippen molar-refractivity contribution in [2.75, 3.05) is 25.6 Å². The molecule has 0 unspecified atom stereocenters. The monoisotopic (exact) mass is 334 g/mol. The SMILES string of the molecule is COCCNC(=O)C(=O)Nc1ccc(Br)cc1Cl. The van der Waals surface area contributed by atoms with E-state index in [4.69, 9.17) is 16.3 Å². The van der Waals surface area contributed by atoms with Crippen molar-refractivity contribution in [1.82, 2.24) is 5.32 Å². The summed E-state index contributed by atoms with van der Waals surface area (Å²) in [7, 11) is 1.51. The van der Waals surface area contributed by atoms with Crippen molar-refractivity contribution >= 4 is 45.0 Å². The van der Waals surface area contributed by atoms with E-state index in [0.717, 1.165) is 4.47 Å². The molecule has 0 saturated heterocycles. The first-order valence-corrected chi connectivity index (χ1v) is 6.25. The van der Waals surface area contributed by atoms with Gasteiger partial charge in [0.1, 0.15) is 0 Å². The van der Waals surface area contributed by atoms with Crippen LogP contribution in [0.1, 0.15) is 0 Å². The Labute approximate surface area is 118 Å². The number of nitrogens with one attached hydrogen (secondary N) is 2. The summed E-state index contributed by atoms with van der Waals surface area (Å²) in [6.45, 7) is 0.620. The maximum Gasteiger partial charge on any atom is 0.313 e. The third kappa shape index (κ3) is 4.64. The van der Waals surface area contributed by atoms with E-state index in [1.807, 2.05) is 0 Å². The van der Waals surface area contributed by atoms with Crippen LogP contribution in [0.2, 0.25) is 5.02 Å². The van der Waals surface area contributed by atoms with Gasteiger partial charge in [-0.25, -0.2) is 0 Å². The number of benzene rings is 1. The molecule has 18 heavy (non-hydrogen) atoms. The van der Waals surface area contributed by atoms with Crippen LogP contribution in [0.25, 0.3) is 0 Å². The topological polar surface area (TPSA) is 67.4 Å². The highest BCUT2D eigenvalue weighted by molar-refractivity contribution is 9.10. The number of hydrogen-bond donors (Lipinski definition) is 2. The van der Waals surface area contributed by atoms with E-state index in [1.165, 1.54) is 7.11 Å². The number of ether oxygens (including phenoxy) is 1. The van der Waals surface area contributed by atoms with Gasteiger partial charge in [-0.1, -0.05) is 27.5 Å². The molecule has 0 aromatic heterocycles. The average molecular weight is 336 g/mol. The number of amides is 2. The Morgan fingerprint density at radius 3 is 2.72 bits per heavy atom. The summed E-state index contributed by atoms with van der Waals surface area (Å²) in [5.74, 6) is -1.50. The van der Waals surface area contributed by atoms with Crippen LogP contribution in [-0.4, -0.2) is 32.1 Å². The smallest absolute Gasteiger partial charge is 0.313 e. The Kier molecular flexibility index (Phi) is 6.11. The molecular formula is C11H12BrClN2O3. The van der Waals surface area contributed by atoms with Crippen molar-refractivity contribution in [1.29, 1.82) is 0 Å². The molecular weight excluding hydrogens is 323 g/mol. The van der Waals surface area contributed by atoms with Crippen LogP contribution in [-0.2, 0) is 14.3 Å². The lowest BCUT2D eigenvalue weighted by atomic mass is 10.3. The molecule has 0 aliphatic heterocycles. The number of anilines is 1. The van der Waals surface area contributed by atoms with E-state index >= 15 is 0 Å². The molecule has 7 heteroatoms. The normalized spacial score (nSPS) is 9.94. The summed E-state index contributed by atoms with van der Waals surface area (Å²) in [5.41, 5.74) is 0.381. The lowest BCUT2D eigenvalue weighted by molar-refractivity contribution is -0.136. The van der Waals surface area contributed by atoms with Crippen LogP contribution in [0.4, 0.5) is 5.69 Å². The van der Waals surface area contributed by atoms with Crippen LogP contribution in [0.5, 0.6) is 0 Å². The summed E-state index contributed by atoms with van der Waals surface area (Å²) >= 11 is 9.15. The number of methoxy groups -OCH3 is 1. The molecule has 1 aromatic carbocycles. The van der Waals surface area contributed by atoms with Crippen LogP contribution in [0, 0.1) is 0 Å². The minimum Gasteiger partial charge on any atom is -0.383 e. The Bertz CT molecular complexity index is 454. The van der Waals surface area contributed by atoms with Gasteiger partial charge in [-0.05, 0) is 18.2 Å². The molecule has 2 N–H and O–H groups in total. The third-order valence-corrected chi connectivity index (χ3v) is 2.78. The zero-order valence-corrected chi connectivity index (χ0v) is 12.0. The van der Waals surface area contributed by atoms with Gasteiger partial charge in [-0.3, -0.25) is 9.59 Å². The molecule has 98 valence electrons. The molecule has 0 fully saturated rings. The Hall–Kier alpha value is -1.11. The number of rotatable bonds is 4. The predicted molar refractivity (Wildman–Crippen MR) is 72.7 cm³/mol.